The Hall–Kier alpha value is -2.80. The normalized spacial score (nSPS) is 16.2. The van der Waals surface area contributed by atoms with E-state index in [0.29, 0.717) is 6.61 Å². The van der Waals surface area contributed by atoms with Gasteiger partial charge in [-0.25, -0.2) is 8.42 Å². The van der Waals surface area contributed by atoms with Crippen LogP contribution in [0.25, 0.3) is 10.9 Å². The number of aliphatic carboxylic acids is 1. The molecular formula is C21H21NO5S. The lowest BCUT2D eigenvalue weighted by molar-refractivity contribution is -0.137. The standard InChI is InChI=1S/C21H21NO5S/c1-28(25,26)18-5-2-14(3-6-18)13-27-17-4-7-19-16(10-17)11-20-15(12-21(23)24)8-9-22(19)20/h2-7,10-11,15H,8-9,12-13H2,1H3,(H,23,24)/t15-/m0/s1. The zero-order chi connectivity index (χ0) is 19.9. The molecule has 1 N–H and O–H groups in total. The Morgan fingerprint density at radius 1 is 1.18 bits per heavy atom. The van der Waals surface area contributed by atoms with Gasteiger partial charge in [0, 0.05) is 35.3 Å². The number of hydrogen-bond acceptors (Lipinski definition) is 4. The first-order valence-electron chi connectivity index (χ1n) is 9.08. The molecule has 0 saturated carbocycles. The minimum atomic E-state index is -3.20. The third-order valence-corrected chi connectivity index (χ3v) is 6.33. The summed E-state index contributed by atoms with van der Waals surface area (Å²) in [7, 11) is -3.20. The van der Waals surface area contributed by atoms with Gasteiger partial charge in [-0.1, -0.05) is 12.1 Å². The van der Waals surface area contributed by atoms with Crippen molar-refractivity contribution in [1.82, 2.24) is 4.57 Å². The summed E-state index contributed by atoms with van der Waals surface area (Å²) < 4.78 is 31.1. The van der Waals surface area contributed by atoms with Crippen LogP contribution in [0.2, 0.25) is 0 Å². The molecule has 0 bridgehead atoms. The van der Waals surface area contributed by atoms with E-state index in [1.165, 1.54) is 6.26 Å². The van der Waals surface area contributed by atoms with Gasteiger partial charge in [0.2, 0.25) is 0 Å². The maximum Gasteiger partial charge on any atom is 0.304 e. The number of carboxylic acid groups (broad SMARTS) is 1. The van der Waals surface area contributed by atoms with Gasteiger partial charge in [0.05, 0.1) is 11.3 Å². The van der Waals surface area contributed by atoms with Crippen LogP contribution in [0.1, 0.15) is 30.0 Å². The summed E-state index contributed by atoms with van der Waals surface area (Å²) in [5, 5.41) is 10.1. The van der Waals surface area contributed by atoms with Crippen molar-refractivity contribution in [2.75, 3.05) is 6.26 Å². The van der Waals surface area contributed by atoms with E-state index in [-0.39, 0.29) is 17.2 Å². The van der Waals surface area contributed by atoms with E-state index in [1.807, 2.05) is 18.2 Å². The molecule has 0 spiro atoms. The van der Waals surface area contributed by atoms with Crippen molar-refractivity contribution < 1.29 is 23.1 Å². The number of aryl methyl sites for hydroxylation is 1. The lowest BCUT2D eigenvalue weighted by atomic mass is 10.0. The van der Waals surface area contributed by atoms with E-state index >= 15 is 0 Å². The van der Waals surface area contributed by atoms with Gasteiger partial charge in [-0.15, -0.1) is 0 Å². The number of carboxylic acids is 1. The fourth-order valence-corrected chi connectivity index (χ4v) is 4.43. The van der Waals surface area contributed by atoms with Crippen LogP contribution in [0.3, 0.4) is 0 Å². The van der Waals surface area contributed by atoms with E-state index in [4.69, 9.17) is 9.84 Å². The highest BCUT2D eigenvalue weighted by molar-refractivity contribution is 7.90. The molecule has 1 atom stereocenters. The van der Waals surface area contributed by atoms with Gasteiger partial charge in [0.25, 0.3) is 0 Å². The number of hydrogen-bond donors (Lipinski definition) is 1. The van der Waals surface area contributed by atoms with Gasteiger partial charge in [-0.05, 0) is 48.4 Å². The minimum Gasteiger partial charge on any atom is -0.489 e. The number of fused-ring (bicyclic) bond motifs is 3. The number of aromatic nitrogens is 1. The molecule has 1 aliphatic rings. The molecule has 6 nitrogen and oxygen atoms in total. The predicted molar refractivity (Wildman–Crippen MR) is 105 cm³/mol. The van der Waals surface area contributed by atoms with E-state index < -0.39 is 15.8 Å². The second kappa shape index (κ2) is 6.98. The van der Waals surface area contributed by atoms with Crippen LogP contribution in [0, 0.1) is 0 Å². The van der Waals surface area contributed by atoms with Crippen LogP contribution < -0.4 is 4.74 Å². The number of ether oxygens (including phenoxy) is 1. The molecule has 1 aromatic heterocycles. The molecule has 1 aliphatic heterocycles. The van der Waals surface area contributed by atoms with Crippen molar-refractivity contribution in [2.45, 2.75) is 36.8 Å². The van der Waals surface area contributed by atoms with Crippen LogP contribution >= 0.6 is 0 Å². The predicted octanol–water partition coefficient (Wildman–Crippen LogP) is 3.59. The van der Waals surface area contributed by atoms with Gasteiger partial charge in [-0.2, -0.15) is 0 Å². The van der Waals surface area contributed by atoms with Crippen molar-refractivity contribution in [1.29, 1.82) is 0 Å². The van der Waals surface area contributed by atoms with E-state index in [1.54, 1.807) is 24.3 Å². The summed E-state index contributed by atoms with van der Waals surface area (Å²) in [5.41, 5.74) is 3.05. The van der Waals surface area contributed by atoms with Crippen molar-refractivity contribution >= 4 is 26.7 Å². The first-order chi connectivity index (χ1) is 13.3. The quantitative estimate of drug-likeness (QED) is 0.685. The molecule has 0 fully saturated rings. The van der Waals surface area contributed by atoms with Gasteiger partial charge in [0.15, 0.2) is 9.84 Å². The number of benzene rings is 2. The Morgan fingerprint density at radius 3 is 2.61 bits per heavy atom. The van der Waals surface area contributed by atoms with Crippen LogP contribution in [0.4, 0.5) is 0 Å². The van der Waals surface area contributed by atoms with Gasteiger partial charge in [0.1, 0.15) is 12.4 Å². The topological polar surface area (TPSA) is 85.6 Å². The molecule has 0 saturated heterocycles. The van der Waals surface area contributed by atoms with Crippen LogP contribution in [-0.2, 0) is 27.8 Å². The van der Waals surface area contributed by atoms with Crippen LogP contribution in [-0.4, -0.2) is 30.3 Å². The molecule has 0 amide bonds. The summed E-state index contributed by atoms with van der Waals surface area (Å²) in [5.74, 6) is 0.0102. The SMILES string of the molecule is CS(=O)(=O)c1ccc(COc2ccc3c(c2)cc2n3CC[C@H]2CC(=O)O)cc1. The molecule has 3 aromatic rings. The summed E-state index contributed by atoms with van der Waals surface area (Å²) in [6, 6.07) is 14.6. The molecule has 2 heterocycles. The monoisotopic (exact) mass is 399 g/mol. The number of nitrogens with zero attached hydrogens (tertiary/aromatic N) is 1. The number of carbonyl (C=O) groups is 1. The largest absolute Gasteiger partial charge is 0.489 e. The van der Waals surface area contributed by atoms with Gasteiger partial charge < -0.3 is 14.4 Å². The third-order valence-electron chi connectivity index (χ3n) is 5.20. The zero-order valence-corrected chi connectivity index (χ0v) is 16.3. The fraction of sp³-hybridized carbons (Fsp3) is 0.286. The second-order valence-corrected chi connectivity index (χ2v) is 9.25. The lowest BCUT2D eigenvalue weighted by Gasteiger charge is -2.08. The molecule has 146 valence electrons. The van der Waals surface area contributed by atoms with E-state index in [9.17, 15) is 13.2 Å². The molecule has 7 heteroatoms. The van der Waals surface area contributed by atoms with Crippen molar-refractivity contribution in [3.05, 3.63) is 59.8 Å². The Balaban J connectivity index is 1.50. The highest BCUT2D eigenvalue weighted by Gasteiger charge is 2.26. The molecule has 0 radical (unpaired) electrons. The van der Waals surface area contributed by atoms with Crippen molar-refractivity contribution in [2.24, 2.45) is 0 Å². The van der Waals surface area contributed by atoms with E-state index in [0.717, 1.165) is 40.9 Å². The Bertz CT molecular complexity index is 1150. The maximum absolute atomic E-state index is 11.5. The Kier molecular flexibility index (Phi) is 4.63. The highest BCUT2D eigenvalue weighted by Crippen LogP contribution is 2.37. The summed E-state index contributed by atoms with van der Waals surface area (Å²) in [6.45, 7) is 1.18. The lowest BCUT2D eigenvalue weighted by Crippen LogP contribution is -2.02. The van der Waals surface area contributed by atoms with Crippen molar-refractivity contribution in [3.63, 3.8) is 0 Å². The average molecular weight is 399 g/mol. The summed E-state index contributed by atoms with van der Waals surface area (Å²) >= 11 is 0. The van der Waals surface area contributed by atoms with Crippen molar-refractivity contribution in [3.8, 4) is 5.75 Å². The van der Waals surface area contributed by atoms with E-state index in [2.05, 4.69) is 10.6 Å². The minimum absolute atomic E-state index is 0.0580. The second-order valence-electron chi connectivity index (χ2n) is 7.23. The first kappa shape index (κ1) is 18.6. The molecule has 28 heavy (non-hydrogen) atoms. The molecule has 0 aliphatic carbocycles. The summed E-state index contributed by atoms with van der Waals surface area (Å²) in [4.78, 5) is 11.4. The zero-order valence-electron chi connectivity index (χ0n) is 15.5. The Labute approximate surface area is 163 Å². The van der Waals surface area contributed by atoms with Gasteiger partial charge in [-0.3, -0.25) is 4.79 Å². The number of sulfone groups is 1. The number of rotatable bonds is 6. The summed E-state index contributed by atoms with van der Waals surface area (Å²) in [6.07, 6.45) is 2.20. The van der Waals surface area contributed by atoms with Crippen LogP contribution in [0.15, 0.2) is 53.4 Å². The third kappa shape index (κ3) is 3.62. The molecule has 2 aromatic carbocycles. The fourth-order valence-electron chi connectivity index (χ4n) is 3.80. The smallest absolute Gasteiger partial charge is 0.304 e. The average Bonchev–Trinajstić information content (AvgIpc) is 3.18. The first-order valence-corrected chi connectivity index (χ1v) is 11.0. The maximum atomic E-state index is 11.5. The van der Waals surface area contributed by atoms with Gasteiger partial charge >= 0.3 is 5.97 Å². The molecule has 0 unspecified atom stereocenters. The highest BCUT2D eigenvalue weighted by atomic mass is 32.2. The Morgan fingerprint density at radius 2 is 1.93 bits per heavy atom. The van der Waals surface area contributed by atoms with Crippen LogP contribution in [0.5, 0.6) is 5.75 Å². The molecule has 4 rings (SSSR count). The molecular weight excluding hydrogens is 378 g/mol.